The molecule has 246 valence electrons. The summed E-state index contributed by atoms with van der Waals surface area (Å²) < 4.78 is 244. The largest absolute Gasteiger partial charge is 0.743 e. The molecule has 0 aromatic carbocycles. The van der Waals surface area contributed by atoms with Crippen LogP contribution >= 0.6 is 0 Å². The molecule has 0 heterocycles. The van der Waals surface area contributed by atoms with E-state index in [1.165, 1.54) is 32.1 Å². The minimum atomic E-state index is -8.92. The van der Waals surface area contributed by atoms with Crippen molar-refractivity contribution in [2.45, 2.75) is 91.2 Å². The summed E-state index contributed by atoms with van der Waals surface area (Å²) in [6.45, 7) is 1.71. The van der Waals surface area contributed by atoms with Crippen molar-refractivity contribution in [2.75, 3.05) is 12.0 Å². The Morgan fingerprint density at radius 3 is 1.27 bits per heavy atom. The van der Waals surface area contributed by atoms with Gasteiger partial charge in [0, 0.05) is 0 Å². The number of halogens is 17. The van der Waals surface area contributed by atoms with Crippen LogP contribution in [0, 0.1) is 0 Å². The Morgan fingerprint density at radius 1 is 0.659 bits per heavy atom. The summed E-state index contributed by atoms with van der Waals surface area (Å²) in [4.78, 5) is 10.9. The molecule has 1 atom stereocenters. The van der Waals surface area contributed by atoms with E-state index in [4.69, 9.17) is 0 Å². The van der Waals surface area contributed by atoms with Gasteiger partial charge in [0.2, 0.25) is 0 Å². The molecule has 1 unspecified atom stereocenters. The highest BCUT2D eigenvalue weighted by molar-refractivity contribution is 7.97. The van der Waals surface area contributed by atoms with E-state index in [2.05, 4.69) is 6.26 Å². The normalized spacial score (nSPS) is 18.4. The van der Waals surface area contributed by atoms with Crippen LogP contribution in [0.25, 0.3) is 0 Å². The molecule has 0 spiro atoms. The Balaban J connectivity index is 0.00000110. The molecule has 1 saturated carbocycles. The Bertz CT molecular complexity index is 1020. The van der Waals surface area contributed by atoms with E-state index in [9.17, 15) is 92.4 Å². The third kappa shape index (κ3) is 6.95. The molecule has 4 nitrogen and oxygen atoms in total. The van der Waals surface area contributed by atoms with E-state index in [0.717, 1.165) is 11.0 Å². The van der Waals surface area contributed by atoms with Crippen LogP contribution in [0.4, 0.5) is 74.6 Å². The zero-order chi connectivity index (χ0) is 33.5. The quantitative estimate of drug-likeness (QED) is 0.147. The zero-order valence-corrected chi connectivity index (χ0v) is 21.8. The first-order chi connectivity index (χ1) is 17.7. The molecular weight excluding hydrogens is 667 g/mol. The summed E-state index contributed by atoms with van der Waals surface area (Å²) in [6.07, 6.45) is 1.29. The van der Waals surface area contributed by atoms with Gasteiger partial charge in [-0.25, -0.2) is 8.42 Å². The number of carbonyl (C=O) groups excluding carboxylic acids is 1. The minimum Gasteiger partial charge on any atom is -0.743 e. The lowest BCUT2D eigenvalue weighted by atomic mass is 9.91. The SMILES string of the molecule is CC(=O)C[S+](C)C1CCCCC1.O=S(=O)([O-])C(F)(F)C(F)(F)C(F)(F)C(F)(F)C(F)(F)C(F)(F)C(F)(F)C(F)(F)F. The van der Waals surface area contributed by atoms with Crippen LogP contribution in [0.2, 0.25) is 0 Å². The van der Waals surface area contributed by atoms with Crippen molar-refractivity contribution in [1.29, 1.82) is 0 Å². The number of hydrogen-bond donors (Lipinski definition) is 0. The highest BCUT2D eigenvalue weighted by Crippen LogP contribution is 2.64. The molecule has 1 aliphatic carbocycles. The molecule has 1 fully saturated rings. The molecule has 0 aliphatic heterocycles. The van der Waals surface area contributed by atoms with Crippen LogP contribution in [0.5, 0.6) is 0 Å². The lowest BCUT2D eigenvalue weighted by Gasteiger charge is -2.42. The van der Waals surface area contributed by atoms with Crippen molar-refractivity contribution in [1.82, 2.24) is 0 Å². The van der Waals surface area contributed by atoms with E-state index in [-0.39, 0.29) is 0 Å². The van der Waals surface area contributed by atoms with Crippen LogP contribution in [0.3, 0.4) is 0 Å². The minimum absolute atomic E-state index is 0.364. The highest BCUT2D eigenvalue weighted by Gasteiger charge is 2.95. The topological polar surface area (TPSA) is 74.3 Å². The molecule has 0 aromatic rings. The van der Waals surface area contributed by atoms with Crippen LogP contribution in [0.15, 0.2) is 0 Å². The number of rotatable bonds is 10. The van der Waals surface area contributed by atoms with Crippen molar-refractivity contribution >= 4 is 26.8 Å². The Kier molecular flexibility index (Phi) is 11.7. The first-order valence-electron chi connectivity index (χ1n) is 10.5. The molecule has 41 heavy (non-hydrogen) atoms. The van der Waals surface area contributed by atoms with E-state index >= 15 is 0 Å². The van der Waals surface area contributed by atoms with Crippen LogP contribution in [-0.2, 0) is 25.8 Å². The van der Waals surface area contributed by atoms with Crippen molar-refractivity contribution in [3.63, 3.8) is 0 Å². The molecule has 0 aromatic heterocycles. The summed E-state index contributed by atoms with van der Waals surface area (Å²) in [5, 5.41) is -7.09. The lowest BCUT2D eigenvalue weighted by Crippen LogP contribution is -2.75. The lowest BCUT2D eigenvalue weighted by molar-refractivity contribution is -0.458. The fraction of sp³-hybridized carbons (Fsp3) is 0.944. The van der Waals surface area contributed by atoms with Gasteiger partial charge in [0.1, 0.15) is 5.25 Å². The monoisotopic (exact) mass is 686 g/mol. The van der Waals surface area contributed by atoms with E-state index in [1.54, 1.807) is 6.92 Å². The molecule has 0 N–H and O–H groups in total. The average molecular weight is 686 g/mol. The third-order valence-electron chi connectivity index (χ3n) is 5.56. The fourth-order valence-electron chi connectivity index (χ4n) is 3.21. The predicted molar refractivity (Wildman–Crippen MR) is 106 cm³/mol. The Labute approximate surface area is 223 Å². The standard InChI is InChI=1S/C10H19OS.C8HF17O3S/c1-9(11)8-12(2)10-6-4-3-5-7-10;9-1(10,3(13,14)5(17,18)7(21,22)23)2(11,12)4(15,16)6(19,20)8(24,25)29(26,27)28/h10H,3-8H2,1-2H3;(H,26,27,28)/q+1;/p-1. The second kappa shape index (κ2) is 12.0. The summed E-state index contributed by atoms with van der Waals surface area (Å²) in [7, 11) is -7.78. The van der Waals surface area contributed by atoms with Gasteiger partial charge >= 0.3 is 47.0 Å². The molecule has 0 radical (unpaired) electrons. The molecular formula is C18H19F17O4S2. The number of Topliss-reactive ketones (excluding diaryl/α,β-unsaturated/α-hetero) is 1. The van der Waals surface area contributed by atoms with Gasteiger partial charge in [-0.15, -0.1) is 0 Å². The van der Waals surface area contributed by atoms with Crippen molar-refractivity contribution in [3.05, 3.63) is 0 Å². The smallest absolute Gasteiger partial charge is 0.460 e. The van der Waals surface area contributed by atoms with Crippen molar-refractivity contribution in [2.24, 2.45) is 0 Å². The molecule has 23 heteroatoms. The van der Waals surface area contributed by atoms with E-state index in [1.807, 2.05) is 0 Å². The van der Waals surface area contributed by atoms with Gasteiger partial charge < -0.3 is 4.55 Å². The van der Waals surface area contributed by atoms with Gasteiger partial charge in [-0.05, 0) is 43.5 Å². The molecule has 0 amide bonds. The summed E-state index contributed by atoms with van der Waals surface area (Å²) in [5.74, 6) is -51.0. The molecule has 1 aliphatic rings. The Hall–Kier alpha value is -1.26. The first-order valence-corrected chi connectivity index (χ1v) is 13.7. The van der Waals surface area contributed by atoms with E-state index < -0.39 is 57.1 Å². The van der Waals surface area contributed by atoms with Gasteiger partial charge in [0.05, 0.1) is 6.26 Å². The number of ketones is 1. The summed E-state index contributed by atoms with van der Waals surface area (Å²) in [5.41, 5.74) is 0. The number of alkyl halides is 17. The zero-order valence-electron chi connectivity index (χ0n) is 20.2. The fourth-order valence-corrected chi connectivity index (χ4v) is 5.67. The molecule has 0 bridgehead atoms. The number of hydrogen-bond acceptors (Lipinski definition) is 4. The Morgan fingerprint density at radius 2 is 0.976 bits per heavy atom. The average Bonchev–Trinajstić information content (AvgIpc) is 2.77. The predicted octanol–water partition coefficient (Wildman–Crippen LogP) is 6.65. The third-order valence-corrected chi connectivity index (χ3v) is 8.92. The second-order valence-corrected chi connectivity index (χ2v) is 12.5. The van der Waals surface area contributed by atoms with Gasteiger partial charge in [-0.2, -0.15) is 74.6 Å². The van der Waals surface area contributed by atoms with Crippen LogP contribution < -0.4 is 0 Å². The first kappa shape index (κ1) is 39.7. The van der Waals surface area contributed by atoms with Crippen molar-refractivity contribution < 1.29 is 92.4 Å². The summed E-state index contributed by atoms with van der Waals surface area (Å²) >= 11 is 0. The summed E-state index contributed by atoms with van der Waals surface area (Å²) in [6, 6.07) is 0. The van der Waals surface area contributed by atoms with Gasteiger partial charge in [0.25, 0.3) is 0 Å². The molecule has 0 saturated heterocycles. The number of carbonyl (C=O) groups is 1. The van der Waals surface area contributed by atoms with Crippen LogP contribution in [-0.4, -0.2) is 83.0 Å². The maximum atomic E-state index is 13.0. The maximum Gasteiger partial charge on any atom is 0.460 e. The van der Waals surface area contributed by atoms with Gasteiger partial charge in [0.15, 0.2) is 21.7 Å². The van der Waals surface area contributed by atoms with Crippen molar-refractivity contribution in [3.8, 4) is 0 Å². The maximum absolute atomic E-state index is 13.0. The van der Waals surface area contributed by atoms with Gasteiger partial charge in [-0.1, -0.05) is 6.42 Å². The van der Waals surface area contributed by atoms with Crippen LogP contribution in [0.1, 0.15) is 39.0 Å². The highest BCUT2D eigenvalue weighted by atomic mass is 32.2. The molecule has 1 rings (SSSR count). The second-order valence-electron chi connectivity index (χ2n) is 8.71. The van der Waals surface area contributed by atoms with Gasteiger partial charge in [-0.3, -0.25) is 4.79 Å². The van der Waals surface area contributed by atoms with E-state index in [0.29, 0.717) is 16.7 Å².